The maximum atomic E-state index is 12.7. The van der Waals surface area contributed by atoms with Gasteiger partial charge >= 0.3 is 5.97 Å². The summed E-state index contributed by atoms with van der Waals surface area (Å²) in [6, 6.07) is 15.9. The van der Waals surface area contributed by atoms with E-state index < -0.39 is 12.1 Å². The molecule has 0 radical (unpaired) electrons. The Morgan fingerprint density at radius 1 is 1.16 bits per heavy atom. The van der Waals surface area contributed by atoms with Crippen LogP contribution in [0.25, 0.3) is 0 Å². The lowest BCUT2D eigenvalue weighted by molar-refractivity contribution is -0.126. The molecule has 0 aliphatic carbocycles. The van der Waals surface area contributed by atoms with Gasteiger partial charge in [0.25, 0.3) is 5.91 Å². The fourth-order valence-electron chi connectivity index (χ4n) is 2.94. The zero-order chi connectivity index (χ0) is 17.8. The number of benzene rings is 2. The molecule has 5 nitrogen and oxygen atoms in total. The topological polar surface area (TPSA) is 70.4 Å². The van der Waals surface area contributed by atoms with E-state index in [1.165, 1.54) is 12.1 Å². The van der Waals surface area contributed by atoms with Crippen molar-refractivity contribution < 1.29 is 14.3 Å². The van der Waals surface area contributed by atoms with Crippen LogP contribution < -0.4 is 4.90 Å². The van der Waals surface area contributed by atoms with Crippen LogP contribution in [0, 0.1) is 11.3 Å². The molecule has 25 heavy (non-hydrogen) atoms. The summed E-state index contributed by atoms with van der Waals surface area (Å²) in [6.45, 7) is 2.20. The summed E-state index contributed by atoms with van der Waals surface area (Å²) in [7, 11) is 0. The number of para-hydroxylation sites is 1. The van der Waals surface area contributed by atoms with Gasteiger partial charge < -0.3 is 9.64 Å². The van der Waals surface area contributed by atoms with Crippen molar-refractivity contribution in [3.05, 3.63) is 65.2 Å². The second-order valence-corrected chi connectivity index (χ2v) is 5.96. The monoisotopic (exact) mass is 334 g/mol. The predicted molar refractivity (Wildman–Crippen MR) is 93.2 cm³/mol. The van der Waals surface area contributed by atoms with Crippen molar-refractivity contribution in [1.82, 2.24) is 0 Å². The third-order valence-electron chi connectivity index (χ3n) is 4.26. The summed E-state index contributed by atoms with van der Waals surface area (Å²) in [4.78, 5) is 26.6. The van der Waals surface area contributed by atoms with Gasteiger partial charge in [-0.3, -0.25) is 4.79 Å². The molecule has 3 rings (SSSR count). The molecule has 0 unspecified atom stereocenters. The molecule has 1 amide bonds. The number of fused-ring (bicyclic) bond motifs is 1. The van der Waals surface area contributed by atoms with E-state index in [4.69, 9.17) is 10.00 Å². The summed E-state index contributed by atoms with van der Waals surface area (Å²) in [5.41, 5.74) is 2.80. The number of nitriles is 1. The molecule has 0 fully saturated rings. The minimum atomic E-state index is -0.880. The average Bonchev–Trinajstić information content (AvgIpc) is 2.67. The Labute approximate surface area is 146 Å². The minimum Gasteiger partial charge on any atom is -0.449 e. The number of ether oxygens (including phenoxy) is 1. The fourth-order valence-corrected chi connectivity index (χ4v) is 2.94. The summed E-state index contributed by atoms with van der Waals surface area (Å²) >= 11 is 0. The molecule has 1 atom stereocenters. The Bertz CT molecular complexity index is 837. The number of hydrogen-bond acceptors (Lipinski definition) is 4. The Hall–Kier alpha value is -3.13. The average molecular weight is 334 g/mol. The molecule has 0 saturated heterocycles. The van der Waals surface area contributed by atoms with Gasteiger partial charge in [-0.1, -0.05) is 18.2 Å². The van der Waals surface area contributed by atoms with Gasteiger partial charge in [0.2, 0.25) is 0 Å². The summed E-state index contributed by atoms with van der Waals surface area (Å²) < 4.78 is 5.33. The van der Waals surface area contributed by atoms with Crippen LogP contribution >= 0.6 is 0 Å². The van der Waals surface area contributed by atoms with Gasteiger partial charge in [-0.15, -0.1) is 0 Å². The molecule has 1 aliphatic rings. The van der Waals surface area contributed by atoms with Crippen LogP contribution in [0.15, 0.2) is 48.5 Å². The van der Waals surface area contributed by atoms with Crippen LogP contribution in [0.3, 0.4) is 0 Å². The van der Waals surface area contributed by atoms with Crippen molar-refractivity contribution in [3.8, 4) is 6.07 Å². The highest BCUT2D eigenvalue weighted by Gasteiger charge is 2.28. The third-order valence-corrected chi connectivity index (χ3v) is 4.26. The number of carbonyl (C=O) groups is 2. The number of carbonyl (C=O) groups excluding carboxylic acids is 2. The van der Waals surface area contributed by atoms with E-state index in [9.17, 15) is 9.59 Å². The van der Waals surface area contributed by atoms with Crippen molar-refractivity contribution >= 4 is 17.6 Å². The Kier molecular flexibility index (Phi) is 4.80. The number of rotatable bonds is 3. The molecular formula is C20H18N2O3. The van der Waals surface area contributed by atoms with Gasteiger partial charge in [0.15, 0.2) is 6.10 Å². The standard InChI is InChI=1S/C20H18N2O3/c1-14(25-20(24)17-10-8-15(13-21)9-11-17)19(23)22-12-4-6-16-5-2-3-7-18(16)22/h2-3,5,7-11,14H,4,6,12H2,1H3/t14-/m0/s1. The molecule has 126 valence electrons. The Morgan fingerprint density at radius 3 is 2.60 bits per heavy atom. The van der Waals surface area contributed by atoms with Gasteiger partial charge in [0, 0.05) is 12.2 Å². The molecule has 1 heterocycles. The quantitative estimate of drug-likeness (QED) is 0.809. The van der Waals surface area contributed by atoms with Crippen LogP contribution in [-0.4, -0.2) is 24.5 Å². The lowest BCUT2D eigenvalue weighted by Crippen LogP contribution is -2.42. The van der Waals surface area contributed by atoms with E-state index >= 15 is 0 Å². The lowest BCUT2D eigenvalue weighted by atomic mass is 10.0. The largest absolute Gasteiger partial charge is 0.449 e. The number of esters is 1. The van der Waals surface area contributed by atoms with Crippen molar-refractivity contribution in [2.45, 2.75) is 25.9 Å². The normalized spacial score (nSPS) is 14.2. The van der Waals surface area contributed by atoms with E-state index in [1.54, 1.807) is 24.0 Å². The first kappa shape index (κ1) is 16.7. The molecule has 1 aliphatic heterocycles. The molecular weight excluding hydrogens is 316 g/mol. The van der Waals surface area contributed by atoms with E-state index in [0.717, 1.165) is 24.1 Å². The third kappa shape index (κ3) is 3.53. The Morgan fingerprint density at radius 2 is 1.88 bits per heavy atom. The summed E-state index contributed by atoms with van der Waals surface area (Å²) in [6.07, 6.45) is 0.951. The first-order valence-corrected chi connectivity index (χ1v) is 8.20. The van der Waals surface area contributed by atoms with E-state index in [1.807, 2.05) is 30.3 Å². The van der Waals surface area contributed by atoms with E-state index in [0.29, 0.717) is 17.7 Å². The maximum Gasteiger partial charge on any atom is 0.338 e. The summed E-state index contributed by atoms with van der Waals surface area (Å²) in [5.74, 6) is -0.801. The molecule has 0 N–H and O–H groups in total. The maximum absolute atomic E-state index is 12.7. The zero-order valence-electron chi connectivity index (χ0n) is 13.9. The molecule has 2 aromatic rings. The first-order chi connectivity index (χ1) is 12.1. The predicted octanol–water partition coefficient (Wildman–Crippen LogP) is 3.08. The van der Waals surface area contributed by atoms with Crippen molar-refractivity contribution in [1.29, 1.82) is 5.26 Å². The zero-order valence-corrected chi connectivity index (χ0v) is 13.9. The van der Waals surface area contributed by atoms with Crippen LogP contribution in [0.4, 0.5) is 5.69 Å². The Balaban J connectivity index is 1.71. The molecule has 2 aromatic carbocycles. The van der Waals surface area contributed by atoms with Crippen LogP contribution in [0.2, 0.25) is 0 Å². The van der Waals surface area contributed by atoms with Crippen molar-refractivity contribution in [3.63, 3.8) is 0 Å². The molecule has 5 heteroatoms. The number of aryl methyl sites for hydroxylation is 1. The summed E-state index contributed by atoms with van der Waals surface area (Å²) in [5, 5.41) is 8.79. The molecule has 0 bridgehead atoms. The first-order valence-electron chi connectivity index (χ1n) is 8.20. The van der Waals surface area contributed by atoms with Gasteiger partial charge in [-0.25, -0.2) is 4.79 Å². The van der Waals surface area contributed by atoms with Crippen LogP contribution in [0.1, 0.15) is 34.8 Å². The molecule has 0 spiro atoms. The van der Waals surface area contributed by atoms with E-state index in [2.05, 4.69) is 0 Å². The van der Waals surface area contributed by atoms with Gasteiger partial charge in [0.1, 0.15) is 0 Å². The highest BCUT2D eigenvalue weighted by Crippen LogP contribution is 2.27. The second kappa shape index (κ2) is 7.18. The van der Waals surface area contributed by atoms with Crippen LogP contribution in [0.5, 0.6) is 0 Å². The van der Waals surface area contributed by atoms with Gasteiger partial charge in [-0.2, -0.15) is 5.26 Å². The number of anilines is 1. The number of nitrogens with zero attached hydrogens (tertiary/aromatic N) is 2. The van der Waals surface area contributed by atoms with Crippen molar-refractivity contribution in [2.75, 3.05) is 11.4 Å². The fraction of sp³-hybridized carbons (Fsp3) is 0.250. The highest BCUT2D eigenvalue weighted by atomic mass is 16.5. The molecule has 0 saturated carbocycles. The number of amides is 1. The van der Waals surface area contributed by atoms with Gasteiger partial charge in [0.05, 0.1) is 17.2 Å². The van der Waals surface area contributed by atoms with Crippen LogP contribution in [-0.2, 0) is 16.0 Å². The van der Waals surface area contributed by atoms with Crippen molar-refractivity contribution in [2.24, 2.45) is 0 Å². The number of hydrogen-bond donors (Lipinski definition) is 0. The smallest absolute Gasteiger partial charge is 0.338 e. The highest BCUT2D eigenvalue weighted by molar-refractivity contribution is 5.99. The van der Waals surface area contributed by atoms with E-state index in [-0.39, 0.29) is 5.91 Å². The van der Waals surface area contributed by atoms with Gasteiger partial charge in [-0.05, 0) is 55.7 Å². The minimum absolute atomic E-state index is 0.228. The molecule has 0 aromatic heterocycles. The SMILES string of the molecule is C[C@H](OC(=O)c1ccc(C#N)cc1)C(=O)N1CCCc2ccccc21. The second-order valence-electron chi connectivity index (χ2n) is 5.96. The lowest BCUT2D eigenvalue weighted by Gasteiger charge is -2.31.